The first-order chi connectivity index (χ1) is 8.77. The maximum absolute atomic E-state index is 5.66. The van der Waals surface area contributed by atoms with Crippen molar-refractivity contribution in [2.45, 2.75) is 6.92 Å². The molecule has 4 heteroatoms. The Labute approximate surface area is 110 Å². The molecule has 0 heterocycles. The zero-order chi connectivity index (χ0) is 13.2. The van der Waals surface area contributed by atoms with Crippen LogP contribution in [0.25, 0.3) is 0 Å². The molecule has 0 fully saturated rings. The van der Waals surface area contributed by atoms with Gasteiger partial charge >= 0.3 is 0 Å². The minimum Gasteiger partial charge on any atom is -0.493 e. The molecule has 0 saturated heterocycles. The third kappa shape index (κ3) is 5.38. The lowest BCUT2D eigenvalue weighted by Crippen LogP contribution is -2.31. The van der Waals surface area contributed by atoms with Crippen LogP contribution < -0.4 is 14.8 Å². The van der Waals surface area contributed by atoms with E-state index in [1.165, 1.54) is 0 Å². The second kappa shape index (κ2) is 8.78. The Kier molecular flexibility index (Phi) is 7.22. The first kappa shape index (κ1) is 14.8. The quantitative estimate of drug-likeness (QED) is 0.677. The number of benzene rings is 1. The molecule has 0 aliphatic carbocycles. The molecule has 0 spiro atoms. The Morgan fingerprint density at radius 2 is 1.89 bits per heavy atom. The number of hydrogen-bond donors (Lipinski definition) is 1. The van der Waals surface area contributed by atoms with Gasteiger partial charge in [-0.15, -0.1) is 0 Å². The van der Waals surface area contributed by atoms with E-state index in [9.17, 15) is 0 Å². The summed E-state index contributed by atoms with van der Waals surface area (Å²) in [6.45, 7) is 6.78. The fraction of sp³-hybridized carbons (Fsp3) is 0.571. The van der Waals surface area contributed by atoms with Gasteiger partial charge in [-0.05, 0) is 25.7 Å². The first-order valence-corrected chi connectivity index (χ1v) is 6.43. The number of rotatable bonds is 9. The molecule has 0 aliphatic heterocycles. The maximum Gasteiger partial charge on any atom is 0.161 e. The highest BCUT2D eigenvalue weighted by Crippen LogP contribution is 2.25. The van der Waals surface area contributed by atoms with Gasteiger partial charge in [0.25, 0.3) is 0 Å². The van der Waals surface area contributed by atoms with E-state index in [1.807, 2.05) is 24.3 Å². The molecular formula is C14H24N2O2. The van der Waals surface area contributed by atoms with Gasteiger partial charge in [-0.2, -0.15) is 0 Å². The van der Waals surface area contributed by atoms with E-state index in [-0.39, 0.29) is 0 Å². The molecule has 0 bridgehead atoms. The van der Waals surface area contributed by atoms with Crippen molar-refractivity contribution in [1.29, 1.82) is 0 Å². The Balaban J connectivity index is 2.14. The normalized spacial score (nSPS) is 10.7. The summed E-state index contributed by atoms with van der Waals surface area (Å²) in [5.74, 6) is 1.58. The molecule has 1 aromatic rings. The predicted octanol–water partition coefficient (Wildman–Crippen LogP) is 1.62. The van der Waals surface area contributed by atoms with Crippen molar-refractivity contribution < 1.29 is 9.47 Å². The maximum atomic E-state index is 5.66. The third-order valence-corrected chi connectivity index (χ3v) is 2.82. The van der Waals surface area contributed by atoms with Gasteiger partial charge in [-0.1, -0.05) is 19.1 Å². The van der Waals surface area contributed by atoms with Crippen molar-refractivity contribution in [1.82, 2.24) is 10.2 Å². The van der Waals surface area contributed by atoms with Crippen molar-refractivity contribution in [2.75, 3.05) is 46.9 Å². The van der Waals surface area contributed by atoms with Crippen LogP contribution in [0.5, 0.6) is 11.5 Å². The molecule has 18 heavy (non-hydrogen) atoms. The van der Waals surface area contributed by atoms with Crippen molar-refractivity contribution in [2.24, 2.45) is 0 Å². The highest BCUT2D eigenvalue weighted by atomic mass is 16.5. The molecule has 0 radical (unpaired) electrons. The van der Waals surface area contributed by atoms with E-state index in [4.69, 9.17) is 9.47 Å². The van der Waals surface area contributed by atoms with Gasteiger partial charge in [-0.25, -0.2) is 0 Å². The molecular weight excluding hydrogens is 228 g/mol. The van der Waals surface area contributed by atoms with Crippen molar-refractivity contribution in [3.05, 3.63) is 24.3 Å². The van der Waals surface area contributed by atoms with Gasteiger partial charge in [0.1, 0.15) is 6.61 Å². The number of ether oxygens (including phenoxy) is 2. The topological polar surface area (TPSA) is 33.7 Å². The summed E-state index contributed by atoms with van der Waals surface area (Å²) >= 11 is 0. The molecule has 0 amide bonds. The van der Waals surface area contributed by atoms with Crippen LogP contribution in [0.4, 0.5) is 0 Å². The van der Waals surface area contributed by atoms with E-state index in [2.05, 4.69) is 24.2 Å². The van der Waals surface area contributed by atoms with E-state index < -0.39 is 0 Å². The molecule has 1 rings (SSSR count). The monoisotopic (exact) mass is 252 g/mol. The van der Waals surface area contributed by atoms with Crippen LogP contribution >= 0.6 is 0 Å². The molecule has 4 nitrogen and oxygen atoms in total. The van der Waals surface area contributed by atoms with Crippen LogP contribution in [0.3, 0.4) is 0 Å². The minimum atomic E-state index is 0.649. The number of nitrogens with one attached hydrogen (secondary N) is 1. The molecule has 1 aromatic carbocycles. The molecule has 1 N–H and O–H groups in total. The van der Waals surface area contributed by atoms with Crippen LogP contribution in [0, 0.1) is 0 Å². The van der Waals surface area contributed by atoms with Crippen LogP contribution in [0.1, 0.15) is 6.92 Å². The number of para-hydroxylation sites is 2. The van der Waals surface area contributed by atoms with Gasteiger partial charge in [0.05, 0.1) is 7.11 Å². The first-order valence-electron chi connectivity index (χ1n) is 6.43. The Hall–Kier alpha value is -1.26. The number of hydrogen-bond acceptors (Lipinski definition) is 4. The van der Waals surface area contributed by atoms with Crippen molar-refractivity contribution >= 4 is 0 Å². The lowest BCUT2D eigenvalue weighted by atomic mass is 10.3. The summed E-state index contributed by atoms with van der Waals surface area (Å²) in [6.07, 6.45) is 0. The lowest BCUT2D eigenvalue weighted by Gasteiger charge is -2.14. The fourth-order valence-electron chi connectivity index (χ4n) is 1.52. The van der Waals surface area contributed by atoms with E-state index in [0.29, 0.717) is 6.61 Å². The van der Waals surface area contributed by atoms with Crippen molar-refractivity contribution in [3.8, 4) is 11.5 Å². The molecule has 102 valence electrons. The molecule has 0 aromatic heterocycles. The highest BCUT2D eigenvalue weighted by molar-refractivity contribution is 5.39. The van der Waals surface area contributed by atoms with Gasteiger partial charge in [0.2, 0.25) is 0 Å². The zero-order valence-electron chi connectivity index (χ0n) is 11.6. The van der Waals surface area contributed by atoms with Crippen LogP contribution in [0.15, 0.2) is 24.3 Å². The summed E-state index contributed by atoms with van der Waals surface area (Å²) in [4.78, 5) is 2.27. The zero-order valence-corrected chi connectivity index (χ0v) is 11.6. The smallest absolute Gasteiger partial charge is 0.161 e. The van der Waals surface area contributed by atoms with Gasteiger partial charge in [0.15, 0.2) is 11.5 Å². The molecule has 0 aliphatic rings. The van der Waals surface area contributed by atoms with Gasteiger partial charge in [0, 0.05) is 19.6 Å². The molecule has 0 saturated carbocycles. The van der Waals surface area contributed by atoms with Gasteiger partial charge in [-0.3, -0.25) is 0 Å². The summed E-state index contributed by atoms with van der Waals surface area (Å²) < 4.78 is 10.9. The highest BCUT2D eigenvalue weighted by Gasteiger charge is 2.01. The number of likely N-dealkylation sites (N-methyl/N-ethyl adjacent to an activating group) is 1. The number of nitrogens with zero attached hydrogens (tertiary/aromatic N) is 1. The summed E-state index contributed by atoms with van der Waals surface area (Å²) in [5.41, 5.74) is 0. The Bertz CT molecular complexity index is 331. The molecule has 0 unspecified atom stereocenters. The Morgan fingerprint density at radius 1 is 1.17 bits per heavy atom. The van der Waals surface area contributed by atoms with Crippen LogP contribution in [0.2, 0.25) is 0 Å². The van der Waals surface area contributed by atoms with Crippen LogP contribution in [-0.2, 0) is 0 Å². The third-order valence-electron chi connectivity index (χ3n) is 2.82. The molecule has 0 atom stereocenters. The van der Waals surface area contributed by atoms with Crippen molar-refractivity contribution in [3.63, 3.8) is 0 Å². The lowest BCUT2D eigenvalue weighted by molar-refractivity contribution is 0.286. The predicted molar refractivity (Wildman–Crippen MR) is 74.5 cm³/mol. The summed E-state index contributed by atoms with van der Waals surface area (Å²) in [7, 11) is 3.77. The fourth-order valence-corrected chi connectivity index (χ4v) is 1.52. The second-order valence-corrected chi connectivity index (χ2v) is 4.15. The largest absolute Gasteiger partial charge is 0.493 e. The second-order valence-electron chi connectivity index (χ2n) is 4.15. The number of methoxy groups -OCH3 is 1. The van der Waals surface area contributed by atoms with E-state index >= 15 is 0 Å². The SMILES string of the molecule is CCN(C)CCNCCOc1ccccc1OC. The average molecular weight is 252 g/mol. The Morgan fingerprint density at radius 3 is 2.56 bits per heavy atom. The van der Waals surface area contributed by atoms with E-state index in [0.717, 1.165) is 37.7 Å². The summed E-state index contributed by atoms with van der Waals surface area (Å²) in [5, 5.41) is 3.35. The van der Waals surface area contributed by atoms with Gasteiger partial charge < -0.3 is 19.7 Å². The average Bonchev–Trinajstić information content (AvgIpc) is 2.42. The van der Waals surface area contributed by atoms with Crippen LogP contribution in [-0.4, -0.2) is 51.8 Å². The summed E-state index contributed by atoms with van der Waals surface area (Å²) in [6, 6.07) is 7.70. The van der Waals surface area contributed by atoms with E-state index in [1.54, 1.807) is 7.11 Å². The minimum absolute atomic E-state index is 0.649. The standard InChI is InChI=1S/C14H24N2O2/c1-4-16(2)11-9-15-10-12-18-14-8-6-5-7-13(14)17-3/h5-8,15H,4,9-12H2,1-3H3.